The van der Waals surface area contributed by atoms with Crippen LogP contribution in [0.15, 0.2) is 24.3 Å². The fourth-order valence-corrected chi connectivity index (χ4v) is 5.06. The van der Waals surface area contributed by atoms with Crippen molar-refractivity contribution in [3.63, 3.8) is 0 Å². The van der Waals surface area contributed by atoms with Crippen LogP contribution in [0.4, 0.5) is 8.78 Å². The topological polar surface area (TPSA) is 23.8 Å². The molecule has 2 saturated carbocycles. The minimum Gasteiger partial charge on any atom is -0.205 e. The van der Waals surface area contributed by atoms with Gasteiger partial charge in [-0.2, -0.15) is 5.26 Å². The summed E-state index contributed by atoms with van der Waals surface area (Å²) in [5, 5.41) is 8.82. The number of allylic oxidation sites excluding steroid dienone is 2. The lowest BCUT2D eigenvalue weighted by Gasteiger charge is -2.29. The van der Waals surface area contributed by atoms with Crippen LogP contribution in [0.2, 0.25) is 0 Å². The van der Waals surface area contributed by atoms with Crippen LogP contribution in [0.3, 0.4) is 0 Å². The highest BCUT2D eigenvalue weighted by molar-refractivity contribution is 5.36. The zero-order chi connectivity index (χ0) is 19.9. The molecule has 0 atom stereocenters. The molecule has 0 unspecified atom stereocenters. The molecule has 0 heterocycles. The Bertz CT molecular complexity index is 679. The first kappa shape index (κ1) is 21.0. The Balaban J connectivity index is 1.46. The van der Waals surface area contributed by atoms with Crippen LogP contribution < -0.4 is 0 Å². The van der Waals surface area contributed by atoms with Gasteiger partial charge in [0, 0.05) is 0 Å². The molecule has 3 rings (SSSR count). The summed E-state index contributed by atoms with van der Waals surface area (Å²) in [6.07, 6.45) is 18.5. The van der Waals surface area contributed by atoms with Gasteiger partial charge in [0.15, 0.2) is 0 Å². The maximum absolute atomic E-state index is 13.9. The van der Waals surface area contributed by atoms with Crippen LogP contribution in [0, 0.1) is 40.7 Å². The van der Waals surface area contributed by atoms with E-state index < -0.39 is 17.2 Å². The van der Waals surface area contributed by atoms with Crippen molar-refractivity contribution in [1.82, 2.24) is 0 Å². The van der Waals surface area contributed by atoms with Gasteiger partial charge in [-0.1, -0.05) is 38.3 Å². The molecule has 0 radical (unpaired) electrons. The van der Waals surface area contributed by atoms with Gasteiger partial charge in [-0.3, -0.25) is 0 Å². The quantitative estimate of drug-likeness (QED) is 0.461. The lowest BCUT2D eigenvalue weighted by Crippen LogP contribution is -2.15. The minimum absolute atomic E-state index is 0.204. The first-order chi connectivity index (χ1) is 13.6. The fraction of sp³-hybridized carbons (Fsp3) is 0.640. The van der Waals surface area contributed by atoms with Crippen molar-refractivity contribution < 1.29 is 8.78 Å². The van der Waals surface area contributed by atoms with Crippen molar-refractivity contribution in [1.29, 1.82) is 5.26 Å². The highest BCUT2D eigenvalue weighted by atomic mass is 19.1. The predicted octanol–water partition coefficient (Wildman–Crippen LogP) is 7.66. The molecule has 0 aliphatic heterocycles. The zero-order valence-corrected chi connectivity index (χ0v) is 17.1. The second-order valence-electron chi connectivity index (χ2n) is 8.89. The van der Waals surface area contributed by atoms with Crippen LogP contribution in [0.25, 0.3) is 0 Å². The Morgan fingerprint density at radius 2 is 1.46 bits per heavy atom. The van der Waals surface area contributed by atoms with Gasteiger partial charge >= 0.3 is 0 Å². The van der Waals surface area contributed by atoms with E-state index in [4.69, 9.17) is 5.26 Å². The van der Waals surface area contributed by atoms with Crippen molar-refractivity contribution >= 4 is 0 Å². The largest absolute Gasteiger partial charge is 0.205 e. The van der Waals surface area contributed by atoms with Crippen molar-refractivity contribution in [3.8, 4) is 6.07 Å². The minimum atomic E-state index is -0.728. The summed E-state index contributed by atoms with van der Waals surface area (Å²) in [7, 11) is 0. The number of unbranched alkanes of at least 4 members (excludes halogenated alkanes) is 1. The first-order valence-electron chi connectivity index (χ1n) is 11.2. The molecule has 1 aromatic carbocycles. The molecule has 0 N–H and O–H groups in total. The van der Waals surface area contributed by atoms with E-state index in [1.54, 1.807) is 6.07 Å². The molecule has 0 saturated heterocycles. The van der Waals surface area contributed by atoms with Gasteiger partial charge in [0.2, 0.25) is 0 Å². The van der Waals surface area contributed by atoms with E-state index in [-0.39, 0.29) is 5.92 Å². The normalized spacial score (nSPS) is 28.4. The third kappa shape index (κ3) is 5.43. The monoisotopic (exact) mass is 385 g/mol. The first-order valence-corrected chi connectivity index (χ1v) is 11.2. The van der Waals surface area contributed by atoms with Crippen LogP contribution in [-0.2, 0) is 0 Å². The molecule has 3 heteroatoms. The zero-order valence-electron chi connectivity index (χ0n) is 17.1. The SMILES string of the molecule is CCCCC1CCC(C=CC2CCC(c3cc(F)c(C#N)c(F)c3)CC2)CC1. The molecule has 2 aliphatic rings. The molecule has 0 aromatic heterocycles. The Morgan fingerprint density at radius 1 is 0.929 bits per heavy atom. The van der Waals surface area contributed by atoms with Crippen molar-refractivity contribution in [2.45, 2.75) is 83.5 Å². The second-order valence-corrected chi connectivity index (χ2v) is 8.89. The summed E-state index contributed by atoms with van der Waals surface area (Å²) < 4.78 is 27.8. The lowest BCUT2D eigenvalue weighted by molar-refractivity contribution is 0.289. The van der Waals surface area contributed by atoms with E-state index >= 15 is 0 Å². The molecular formula is C25H33F2N. The van der Waals surface area contributed by atoms with E-state index in [0.29, 0.717) is 11.5 Å². The number of rotatable bonds is 6. The Morgan fingerprint density at radius 3 is 1.96 bits per heavy atom. The number of nitriles is 1. The lowest BCUT2D eigenvalue weighted by atomic mass is 9.76. The van der Waals surface area contributed by atoms with Gasteiger partial charge in [0.1, 0.15) is 23.3 Å². The summed E-state index contributed by atoms with van der Waals surface area (Å²) in [5.41, 5.74) is 0.242. The van der Waals surface area contributed by atoms with E-state index in [1.165, 1.54) is 57.1 Å². The van der Waals surface area contributed by atoms with Gasteiger partial charge in [0.25, 0.3) is 0 Å². The smallest absolute Gasteiger partial charge is 0.144 e. The molecule has 152 valence electrons. The van der Waals surface area contributed by atoms with Crippen LogP contribution in [0.5, 0.6) is 0 Å². The van der Waals surface area contributed by atoms with Gasteiger partial charge in [-0.15, -0.1) is 0 Å². The second kappa shape index (κ2) is 10.2. The maximum atomic E-state index is 13.9. The molecule has 0 spiro atoms. The molecule has 2 aliphatic carbocycles. The number of benzene rings is 1. The Hall–Kier alpha value is -1.69. The average Bonchev–Trinajstić information content (AvgIpc) is 2.71. The number of nitrogens with zero attached hydrogens (tertiary/aromatic N) is 1. The van der Waals surface area contributed by atoms with Crippen molar-refractivity contribution in [2.75, 3.05) is 0 Å². The van der Waals surface area contributed by atoms with Crippen LogP contribution in [-0.4, -0.2) is 0 Å². The van der Waals surface area contributed by atoms with E-state index in [0.717, 1.165) is 37.5 Å². The highest BCUT2D eigenvalue weighted by Gasteiger charge is 2.24. The van der Waals surface area contributed by atoms with E-state index in [2.05, 4.69) is 19.1 Å². The van der Waals surface area contributed by atoms with Crippen molar-refractivity contribution in [3.05, 3.63) is 47.0 Å². The van der Waals surface area contributed by atoms with E-state index in [9.17, 15) is 8.78 Å². The highest BCUT2D eigenvalue weighted by Crippen LogP contribution is 2.38. The molecular weight excluding hydrogens is 352 g/mol. The van der Waals surface area contributed by atoms with Crippen LogP contribution in [0.1, 0.15) is 94.6 Å². The molecule has 0 amide bonds. The standard InChI is InChI=1S/C25H33F2N/c1-2-3-4-18-5-7-19(8-6-18)9-10-20-11-13-21(14-12-20)22-15-24(26)23(17-28)25(27)16-22/h9-10,15-16,18-21H,2-8,11-14H2,1H3. The number of halogens is 2. The number of hydrogen-bond donors (Lipinski definition) is 0. The summed E-state index contributed by atoms with van der Waals surface area (Å²) in [6, 6.07) is 4.32. The third-order valence-corrected chi connectivity index (χ3v) is 6.93. The third-order valence-electron chi connectivity index (χ3n) is 6.93. The molecule has 1 aromatic rings. The van der Waals surface area contributed by atoms with E-state index in [1.807, 2.05) is 0 Å². The van der Waals surface area contributed by atoms with Crippen molar-refractivity contribution in [2.24, 2.45) is 17.8 Å². The summed E-state index contributed by atoms with van der Waals surface area (Å²) in [6.45, 7) is 2.28. The Labute approximate surface area is 168 Å². The summed E-state index contributed by atoms with van der Waals surface area (Å²) in [4.78, 5) is 0. The summed E-state index contributed by atoms with van der Waals surface area (Å²) in [5.74, 6) is 1.05. The molecule has 1 nitrogen and oxygen atoms in total. The van der Waals surface area contributed by atoms with Gasteiger partial charge < -0.3 is 0 Å². The van der Waals surface area contributed by atoms with Gasteiger partial charge in [-0.25, -0.2) is 8.78 Å². The molecule has 0 bridgehead atoms. The average molecular weight is 386 g/mol. The fourth-order valence-electron chi connectivity index (χ4n) is 5.06. The summed E-state index contributed by atoms with van der Waals surface area (Å²) >= 11 is 0. The maximum Gasteiger partial charge on any atom is 0.144 e. The van der Waals surface area contributed by atoms with Gasteiger partial charge in [-0.05, 0) is 92.7 Å². The Kier molecular flexibility index (Phi) is 7.65. The molecule has 2 fully saturated rings. The molecule has 28 heavy (non-hydrogen) atoms. The number of hydrogen-bond acceptors (Lipinski definition) is 1. The predicted molar refractivity (Wildman–Crippen MR) is 110 cm³/mol. The van der Waals surface area contributed by atoms with Crippen LogP contribution >= 0.6 is 0 Å². The van der Waals surface area contributed by atoms with Gasteiger partial charge in [0.05, 0.1) is 0 Å².